The molecule has 0 spiro atoms. The van der Waals surface area contributed by atoms with E-state index < -0.39 is 36.5 Å². The van der Waals surface area contributed by atoms with Crippen molar-refractivity contribution in [3.8, 4) is 0 Å². The van der Waals surface area contributed by atoms with Crippen LogP contribution in [0.2, 0.25) is 0 Å². The Morgan fingerprint density at radius 1 is 0.957 bits per heavy atom. The minimum absolute atomic E-state index is 0.211. The topological polar surface area (TPSA) is 96.0 Å². The number of esters is 3. The number of methoxy groups -OCH3 is 2. The minimum Gasteiger partial charge on any atom is -0.469 e. The fourth-order valence-corrected chi connectivity index (χ4v) is 0.721. The van der Waals surface area contributed by atoms with Crippen molar-refractivity contribution in [2.75, 3.05) is 20.8 Å². The van der Waals surface area contributed by atoms with Crippen LogP contribution in [-0.4, -0.2) is 56.9 Å². The Labute approximate surface area is 134 Å². The fraction of sp³-hybridized carbons (Fsp3) is 0.714. The van der Waals surface area contributed by atoms with E-state index in [9.17, 15) is 28.0 Å². The molecule has 0 bridgehead atoms. The largest absolute Gasteiger partial charge is 0.469 e. The number of ketones is 1. The molecule has 23 heavy (non-hydrogen) atoms. The van der Waals surface area contributed by atoms with Gasteiger partial charge in [0.05, 0.1) is 20.8 Å². The minimum atomic E-state index is -1.58. The van der Waals surface area contributed by atoms with Gasteiger partial charge in [-0.15, -0.1) is 0 Å². The van der Waals surface area contributed by atoms with Crippen molar-refractivity contribution in [2.24, 2.45) is 0 Å². The van der Waals surface area contributed by atoms with Gasteiger partial charge >= 0.3 is 17.9 Å². The predicted molar refractivity (Wildman–Crippen MR) is 77.1 cm³/mol. The third kappa shape index (κ3) is 22.4. The Bertz CT molecular complexity index is 368. The fourth-order valence-electron chi connectivity index (χ4n) is 0.721. The normalized spacial score (nSPS) is 11.3. The van der Waals surface area contributed by atoms with Gasteiger partial charge in [0.1, 0.15) is 6.42 Å². The van der Waals surface area contributed by atoms with E-state index in [-0.39, 0.29) is 5.97 Å². The van der Waals surface area contributed by atoms with Crippen LogP contribution >= 0.6 is 0 Å². The molecular formula is C14H24F2O7. The molecule has 2 atom stereocenters. The molecule has 0 saturated carbocycles. The lowest BCUT2D eigenvalue weighted by Gasteiger charge is -1.98. The van der Waals surface area contributed by atoms with Crippen molar-refractivity contribution >= 4 is 23.7 Å². The molecule has 0 N–H and O–H groups in total. The Morgan fingerprint density at radius 2 is 1.43 bits per heavy atom. The van der Waals surface area contributed by atoms with Crippen molar-refractivity contribution in [1.29, 1.82) is 0 Å². The molecule has 0 aliphatic carbocycles. The van der Waals surface area contributed by atoms with E-state index in [2.05, 4.69) is 14.2 Å². The molecule has 0 aromatic rings. The van der Waals surface area contributed by atoms with Crippen LogP contribution in [0.4, 0.5) is 8.78 Å². The van der Waals surface area contributed by atoms with Crippen LogP contribution in [-0.2, 0) is 33.4 Å². The number of Topliss-reactive ketones (excluding diaryl/α,β-unsaturated/α-hetero) is 1. The highest BCUT2D eigenvalue weighted by atomic mass is 19.1. The lowest BCUT2D eigenvalue weighted by molar-refractivity contribution is -0.146. The Morgan fingerprint density at radius 3 is 1.57 bits per heavy atom. The maximum atomic E-state index is 12.0. The Balaban J connectivity index is -0.000000272. The second-order valence-corrected chi connectivity index (χ2v) is 3.90. The zero-order valence-electron chi connectivity index (χ0n) is 14.2. The maximum Gasteiger partial charge on any atom is 0.340 e. The first-order chi connectivity index (χ1) is 10.5. The molecule has 0 fully saturated rings. The predicted octanol–water partition coefficient (Wildman–Crippen LogP) is 1.56. The smallest absolute Gasteiger partial charge is 0.340 e. The van der Waals surface area contributed by atoms with E-state index >= 15 is 0 Å². The lowest BCUT2D eigenvalue weighted by Crippen LogP contribution is -2.16. The van der Waals surface area contributed by atoms with Gasteiger partial charge < -0.3 is 14.2 Å². The molecule has 0 aromatic carbocycles. The van der Waals surface area contributed by atoms with Crippen LogP contribution < -0.4 is 0 Å². The van der Waals surface area contributed by atoms with Crippen molar-refractivity contribution in [1.82, 2.24) is 0 Å². The molecule has 0 amide bonds. The SMILES string of the molecule is CCOC(C)=O.COC(=O)C(C)F.COC(=O)CC(=O)C(C)F. The second kappa shape index (κ2) is 16.3. The lowest BCUT2D eigenvalue weighted by atomic mass is 10.2. The van der Waals surface area contributed by atoms with E-state index in [4.69, 9.17) is 0 Å². The molecule has 9 heteroatoms. The number of ether oxygens (including phenoxy) is 3. The second-order valence-electron chi connectivity index (χ2n) is 3.90. The van der Waals surface area contributed by atoms with E-state index in [0.29, 0.717) is 6.61 Å². The Hall–Kier alpha value is -2.06. The van der Waals surface area contributed by atoms with Crippen LogP contribution in [0.15, 0.2) is 0 Å². The van der Waals surface area contributed by atoms with Crippen LogP contribution in [0.3, 0.4) is 0 Å². The van der Waals surface area contributed by atoms with Gasteiger partial charge in [-0.25, -0.2) is 13.6 Å². The summed E-state index contributed by atoms with van der Waals surface area (Å²) in [4.78, 5) is 40.5. The Kier molecular flexibility index (Phi) is 18.3. The molecule has 0 radical (unpaired) electrons. The number of hydrogen-bond acceptors (Lipinski definition) is 7. The van der Waals surface area contributed by atoms with Crippen molar-refractivity contribution in [2.45, 2.75) is 46.5 Å². The van der Waals surface area contributed by atoms with Crippen LogP contribution in [0.1, 0.15) is 34.1 Å². The van der Waals surface area contributed by atoms with Gasteiger partial charge in [0.15, 0.2) is 18.1 Å². The van der Waals surface area contributed by atoms with Gasteiger partial charge in [-0.3, -0.25) is 14.4 Å². The average molecular weight is 342 g/mol. The molecule has 2 unspecified atom stereocenters. The number of halogens is 2. The molecule has 0 rings (SSSR count). The standard InChI is InChI=1S/C6H9FO3.C4H7FO2.C4H8O2/c1-4(7)5(8)3-6(9)10-2;1-3(5)4(6)7-2;1-3-6-4(2)5/h4H,3H2,1-2H3;3H,1-2H3;3H2,1-2H3. The molecule has 0 aromatic heterocycles. The molecule has 0 heterocycles. The summed E-state index contributed by atoms with van der Waals surface area (Å²) in [5.41, 5.74) is 0. The molecule has 0 saturated heterocycles. The van der Waals surface area contributed by atoms with Gasteiger partial charge in [-0.1, -0.05) is 0 Å². The number of carbonyl (C=O) groups is 4. The van der Waals surface area contributed by atoms with Crippen LogP contribution in [0.25, 0.3) is 0 Å². The summed E-state index contributed by atoms with van der Waals surface area (Å²) < 4.78 is 36.2. The van der Waals surface area contributed by atoms with Gasteiger partial charge in [0, 0.05) is 6.92 Å². The summed E-state index contributed by atoms with van der Waals surface area (Å²) >= 11 is 0. The van der Waals surface area contributed by atoms with Gasteiger partial charge in [0.25, 0.3) is 0 Å². The highest BCUT2D eigenvalue weighted by Gasteiger charge is 2.15. The number of hydrogen-bond donors (Lipinski definition) is 0. The molecule has 0 aliphatic rings. The zero-order valence-corrected chi connectivity index (χ0v) is 14.2. The monoisotopic (exact) mass is 342 g/mol. The van der Waals surface area contributed by atoms with Crippen molar-refractivity contribution in [3.05, 3.63) is 0 Å². The number of carbonyl (C=O) groups excluding carboxylic acids is 4. The maximum absolute atomic E-state index is 12.0. The van der Waals surface area contributed by atoms with Crippen molar-refractivity contribution in [3.63, 3.8) is 0 Å². The summed E-state index contributed by atoms with van der Waals surface area (Å²) in [6, 6.07) is 0. The van der Waals surface area contributed by atoms with E-state index in [1.807, 2.05) is 0 Å². The van der Waals surface area contributed by atoms with Gasteiger partial charge in [0.2, 0.25) is 0 Å². The highest BCUT2D eigenvalue weighted by molar-refractivity contribution is 5.97. The number of rotatable bonds is 5. The van der Waals surface area contributed by atoms with E-state index in [1.54, 1.807) is 6.92 Å². The van der Waals surface area contributed by atoms with Gasteiger partial charge in [-0.2, -0.15) is 0 Å². The summed E-state index contributed by atoms with van der Waals surface area (Å²) in [6.07, 6.45) is -3.56. The van der Waals surface area contributed by atoms with Crippen LogP contribution in [0, 0.1) is 0 Å². The number of alkyl halides is 2. The first-order valence-electron chi connectivity index (χ1n) is 6.62. The van der Waals surface area contributed by atoms with E-state index in [0.717, 1.165) is 28.1 Å². The summed E-state index contributed by atoms with van der Waals surface area (Å²) in [5.74, 6) is -2.47. The van der Waals surface area contributed by atoms with Gasteiger partial charge in [-0.05, 0) is 20.8 Å². The third-order valence-electron chi connectivity index (χ3n) is 1.86. The zero-order chi connectivity index (χ0) is 19.0. The highest BCUT2D eigenvalue weighted by Crippen LogP contribution is 1.96. The quantitative estimate of drug-likeness (QED) is 0.425. The van der Waals surface area contributed by atoms with Crippen LogP contribution in [0.5, 0.6) is 0 Å². The molecule has 136 valence electrons. The first-order valence-corrected chi connectivity index (χ1v) is 6.62. The van der Waals surface area contributed by atoms with E-state index in [1.165, 1.54) is 6.92 Å². The summed E-state index contributed by atoms with van der Waals surface area (Å²) in [5, 5.41) is 0. The first kappa shape index (κ1) is 25.9. The molecular weight excluding hydrogens is 318 g/mol. The van der Waals surface area contributed by atoms with Crippen molar-refractivity contribution < 1.29 is 42.2 Å². The summed E-state index contributed by atoms with van der Waals surface area (Å²) in [7, 11) is 2.30. The third-order valence-corrected chi connectivity index (χ3v) is 1.86. The molecule has 0 aliphatic heterocycles. The average Bonchev–Trinajstić information content (AvgIpc) is 2.46. The molecule has 7 nitrogen and oxygen atoms in total. The summed E-state index contributed by atoms with van der Waals surface area (Å²) in [6.45, 7) is 5.87.